The number of ether oxygens (including phenoxy) is 2. The molecule has 0 atom stereocenters. The topological polar surface area (TPSA) is 53.6 Å². The van der Waals surface area contributed by atoms with Gasteiger partial charge in [0.05, 0.1) is 24.8 Å². The van der Waals surface area contributed by atoms with E-state index in [-0.39, 0.29) is 0 Å². The summed E-state index contributed by atoms with van der Waals surface area (Å²) in [6.07, 6.45) is 0. The Morgan fingerprint density at radius 2 is 1.69 bits per heavy atom. The van der Waals surface area contributed by atoms with Crippen molar-refractivity contribution in [2.75, 3.05) is 19.5 Å². The van der Waals surface area contributed by atoms with Gasteiger partial charge in [0.25, 0.3) is 0 Å². The lowest BCUT2D eigenvalue weighted by molar-refractivity contribution is 0.342. The molecule has 0 aliphatic rings. The smallest absolute Gasteiger partial charge is 0.237 e. The summed E-state index contributed by atoms with van der Waals surface area (Å²) >= 11 is 1.65. The summed E-state index contributed by atoms with van der Waals surface area (Å²) in [5, 5.41) is 9.64. The number of methoxy groups -OCH3 is 1. The zero-order valence-corrected chi connectivity index (χ0v) is 15.6. The number of fused-ring (bicyclic) bond motifs is 3. The largest absolute Gasteiger partial charge is 0.497 e. The lowest BCUT2D eigenvalue weighted by Gasteiger charge is -2.06. The Morgan fingerprint density at radius 3 is 2.42 bits per heavy atom. The van der Waals surface area contributed by atoms with Gasteiger partial charge in [-0.15, -0.1) is 10.2 Å². The van der Waals surface area contributed by atoms with Crippen molar-refractivity contribution in [2.45, 2.75) is 18.6 Å². The van der Waals surface area contributed by atoms with Crippen molar-refractivity contribution >= 4 is 28.6 Å². The van der Waals surface area contributed by atoms with Crippen LogP contribution in [0.3, 0.4) is 0 Å². The van der Waals surface area contributed by atoms with Crippen molar-refractivity contribution in [3.05, 3.63) is 48.5 Å². The third kappa shape index (κ3) is 2.99. The number of aryl methyl sites for hydroxylation is 1. The van der Waals surface area contributed by atoms with Crippen LogP contribution in [0.5, 0.6) is 11.5 Å². The molecule has 0 spiro atoms. The van der Waals surface area contributed by atoms with Crippen LogP contribution in [0.2, 0.25) is 0 Å². The van der Waals surface area contributed by atoms with Gasteiger partial charge in [-0.2, -0.15) is 0 Å². The van der Waals surface area contributed by atoms with E-state index in [0.717, 1.165) is 40.2 Å². The van der Waals surface area contributed by atoms with Gasteiger partial charge in [-0.1, -0.05) is 23.9 Å². The molecule has 2 aromatic carbocycles. The van der Waals surface area contributed by atoms with Gasteiger partial charge in [-0.3, -0.25) is 4.40 Å². The summed E-state index contributed by atoms with van der Waals surface area (Å²) in [7, 11) is 1.65. The Morgan fingerprint density at radius 1 is 0.962 bits per heavy atom. The highest BCUT2D eigenvalue weighted by atomic mass is 32.2. The number of thioether (sulfide) groups is 1. The van der Waals surface area contributed by atoms with E-state index in [1.54, 1.807) is 18.9 Å². The zero-order chi connectivity index (χ0) is 17.9. The number of hydrogen-bond donors (Lipinski definition) is 0. The Kier molecular flexibility index (Phi) is 4.71. The van der Waals surface area contributed by atoms with E-state index in [4.69, 9.17) is 9.47 Å². The van der Waals surface area contributed by atoms with Crippen LogP contribution in [-0.2, 0) is 6.54 Å². The normalized spacial score (nSPS) is 11.3. The third-order valence-electron chi connectivity index (χ3n) is 4.23. The summed E-state index contributed by atoms with van der Waals surface area (Å²) < 4.78 is 15.2. The first-order chi connectivity index (χ1) is 12.8. The quantitative estimate of drug-likeness (QED) is 0.366. The van der Waals surface area contributed by atoms with E-state index < -0.39 is 0 Å². The lowest BCUT2D eigenvalue weighted by atomic mass is 10.3. The highest BCUT2D eigenvalue weighted by Crippen LogP contribution is 2.26. The minimum absolute atomic E-state index is 0.596. The molecule has 4 rings (SSSR count). The Labute approximate surface area is 155 Å². The second kappa shape index (κ2) is 7.29. The summed E-state index contributed by atoms with van der Waals surface area (Å²) in [6, 6.07) is 15.9. The summed E-state index contributed by atoms with van der Waals surface area (Å²) in [4.78, 5) is 0. The van der Waals surface area contributed by atoms with E-state index in [1.807, 2.05) is 30.3 Å². The number of hydrogen-bond acceptors (Lipinski definition) is 5. The molecule has 4 aromatic rings. The molecular formula is C19H20N4O2S. The molecule has 2 aromatic heterocycles. The van der Waals surface area contributed by atoms with E-state index in [0.29, 0.717) is 6.61 Å². The van der Waals surface area contributed by atoms with E-state index >= 15 is 0 Å². The van der Waals surface area contributed by atoms with Gasteiger partial charge in [0.2, 0.25) is 5.78 Å². The third-order valence-corrected chi connectivity index (χ3v) is 5.12. The maximum Gasteiger partial charge on any atom is 0.237 e. The highest BCUT2D eigenvalue weighted by molar-refractivity contribution is 7.99. The van der Waals surface area contributed by atoms with Crippen LogP contribution in [0, 0.1) is 0 Å². The predicted molar refractivity (Wildman–Crippen MR) is 103 cm³/mol. The first-order valence-corrected chi connectivity index (χ1v) is 9.52. The number of rotatable bonds is 7. The number of nitrogens with zero attached hydrogens (tertiary/aromatic N) is 4. The van der Waals surface area contributed by atoms with Crippen LogP contribution in [0.25, 0.3) is 16.8 Å². The van der Waals surface area contributed by atoms with Gasteiger partial charge < -0.3 is 14.0 Å². The standard InChI is InChI=1S/C19H20N4O2S/c1-3-22-16-6-4-5-7-17(16)23-18(22)20-21-19(23)26-13-12-25-15-10-8-14(24-2)9-11-15/h4-11H,3,12-13H2,1-2H3. The summed E-state index contributed by atoms with van der Waals surface area (Å²) in [5.74, 6) is 3.33. The van der Waals surface area contributed by atoms with Crippen LogP contribution in [0.15, 0.2) is 53.7 Å². The fourth-order valence-corrected chi connectivity index (χ4v) is 3.76. The number of benzene rings is 2. The van der Waals surface area contributed by atoms with Crippen LogP contribution in [0.1, 0.15) is 6.92 Å². The molecule has 0 fully saturated rings. The molecule has 134 valence electrons. The molecule has 26 heavy (non-hydrogen) atoms. The molecular weight excluding hydrogens is 348 g/mol. The van der Waals surface area contributed by atoms with Gasteiger partial charge in [0.1, 0.15) is 11.5 Å². The average molecular weight is 368 g/mol. The first kappa shape index (κ1) is 16.8. The average Bonchev–Trinajstić information content (AvgIpc) is 3.23. The highest BCUT2D eigenvalue weighted by Gasteiger charge is 2.15. The van der Waals surface area contributed by atoms with Crippen molar-refractivity contribution in [3.63, 3.8) is 0 Å². The minimum Gasteiger partial charge on any atom is -0.497 e. The molecule has 7 heteroatoms. The van der Waals surface area contributed by atoms with Crippen molar-refractivity contribution in [1.82, 2.24) is 19.2 Å². The monoisotopic (exact) mass is 368 g/mol. The SMILES string of the molecule is CCn1c2ccccc2n2c(SCCOc3ccc(OC)cc3)nnc12. The van der Waals surface area contributed by atoms with Gasteiger partial charge in [0.15, 0.2) is 5.16 Å². The van der Waals surface area contributed by atoms with Crippen LogP contribution < -0.4 is 9.47 Å². The van der Waals surface area contributed by atoms with E-state index in [1.165, 1.54) is 5.52 Å². The second-order valence-corrected chi connectivity index (χ2v) is 6.79. The van der Waals surface area contributed by atoms with Gasteiger partial charge in [0, 0.05) is 12.3 Å². The van der Waals surface area contributed by atoms with Crippen LogP contribution in [-0.4, -0.2) is 38.6 Å². The summed E-state index contributed by atoms with van der Waals surface area (Å²) in [6.45, 7) is 3.58. The fourth-order valence-electron chi connectivity index (χ4n) is 3.01. The van der Waals surface area contributed by atoms with Crippen molar-refractivity contribution in [3.8, 4) is 11.5 Å². The Hall–Kier alpha value is -2.67. The second-order valence-electron chi connectivity index (χ2n) is 5.72. The lowest BCUT2D eigenvalue weighted by Crippen LogP contribution is -2.01. The minimum atomic E-state index is 0.596. The molecule has 0 radical (unpaired) electrons. The van der Waals surface area contributed by atoms with Gasteiger partial charge in [-0.25, -0.2) is 0 Å². The maximum atomic E-state index is 5.79. The molecule has 0 aliphatic heterocycles. The van der Waals surface area contributed by atoms with Crippen molar-refractivity contribution < 1.29 is 9.47 Å². The Bertz CT molecular complexity index is 1020. The van der Waals surface area contributed by atoms with E-state index in [9.17, 15) is 0 Å². The maximum absolute atomic E-state index is 5.79. The molecule has 0 amide bonds. The Balaban J connectivity index is 1.47. The molecule has 0 aliphatic carbocycles. The number of imidazole rings is 1. The van der Waals surface area contributed by atoms with Crippen LogP contribution in [0.4, 0.5) is 0 Å². The van der Waals surface area contributed by atoms with Gasteiger partial charge >= 0.3 is 0 Å². The molecule has 0 bridgehead atoms. The number of para-hydroxylation sites is 2. The summed E-state index contributed by atoms with van der Waals surface area (Å²) in [5.41, 5.74) is 2.31. The molecule has 0 saturated heterocycles. The number of aromatic nitrogens is 4. The molecule has 6 nitrogen and oxygen atoms in total. The van der Waals surface area contributed by atoms with Crippen molar-refractivity contribution in [1.29, 1.82) is 0 Å². The molecule has 0 N–H and O–H groups in total. The predicted octanol–water partition coefficient (Wildman–Crippen LogP) is 3.88. The van der Waals surface area contributed by atoms with Crippen molar-refractivity contribution in [2.24, 2.45) is 0 Å². The molecule has 0 saturated carbocycles. The fraction of sp³-hybridized carbons (Fsp3) is 0.263. The van der Waals surface area contributed by atoms with Crippen LogP contribution >= 0.6 is 11.8 Å². The first-order valence-electron chi connectivity index (χ1n) is 8.54. The molecule has 0 unspecified atom stereocenters. The molecule has 2 heterocycles. The van der Waals surface area contributed by atoms with Gasteiger partial charge in [-0.05, 0) is 43.3 Å². The van der Waals surface area contributed by atoms with E-state index in [2.05, 4.69) is 44.3 Å². The zero-order valence-electron chi connectivity index (χ0n) is 14.8.